The molecule has 24 heavy (non-hydrogen) atoms. The lowest BCUT2D eigenvalue weighted by Crippen LogP contribution is -2.46. The first-order valence-corrected chi connectivity index (χ1v) is 11.3. The predicted octanol–water partition coefficient (Wildman–Crippen LogP) is 2.24. The van der Waals surface area contributed by atoms with E-state index in [9.17, 15) is 13.2 Å². The van der Waals surface area contributed by atoms with Gasteiger partial charge in [-0.05, 0) is 30.3 Å². The molecule has 1 aliphatic heterocycles. The van der Waals surface area contributed by atoms with Crippen molar-refractivity contribution < 1.29 is 13.2 Å². The molecule has 1 fully saturated rings. The van der Waals surface area contributed by atoms with Gasteiger partial charge in [-0.25, -0.2) is 8.42 Å². The van der Waals surface area contributed by atoms with Crippen molar-refractivity contribution >= 4 is 27.1 Å². The first-order chi connectivity index (χ1) is 11.3. The molecule has 7 heteroatoms. The summed E-state index contributed by atoms with van der Waals surface area (Å²) < 4.78 is 23.7. The monoisotopic (exact) mass is 372 g/mol. The molecule has 0 bridgehead atoms. The van der Waals surface area contributed by atoms with Crippen LogP contribution in [-0.2, 0) is 21.2 Å². The molecule has 1 aromatic rings. The number of rotatable bonds is 8. The summed E-state index contributed by atoms with van der Waals surface area (Å²) in [6, 6.07) is 3.77. The quantitative estimate of drug-likeness (QED) is 0.702. The van der Waals surface area contributed by atoms with E-state index in [-0.39, 0.29) is 23.5 Å². The Bertz CT molecular complexity index is 626. The van der Waals surface area contributed by atoms with Gasteiger partial charge in [-0.1, -0.05) is 26.8 Å². The topological polar surface area (TPSA) is 57.7 Å². The second-order valence-electron chi connectivity index (χ2n) is 6.88. The van der Waals surface area contributed by atoms with Crippen molar-refractivity contribution in [3.8, 4) is 0 Å². The van der Waals surface area contributed by atoms with Gasteiger partial charge in [-0.15, -0.1) is 11.3 Å². The molecule has 0 saturated carbocycles. The van der Waals surface area contributed by atoms with Crippen LogP contribution in [-0.4, -0.2) is 61.3 Å². The normalized spacial score (nSPS) is 20.0. The number of likely N-dealkylation sites (N-methyl/N-ethyl adjacent to an activating group) is 1. The van der Waals surface area contributed by atoms with E-state index in [0.717, 1.165) is 18.0 Å². The lowest BCUT2D eigenvalue weighted by molar-refractivity contribution is -0.135. The number of sulfone groups is 1. The molecule has 0 N–H and O–H groups in total. The van der Waals surface area contributed by atoms with E-state index in [1.54, 1.807) is 16.2 Å². The summed E-state index contributed by atoms with van der Waals surface area (Å²) in [5.41, 5.74) is 0. The van der Waals surface area contributed by atoms with Crippen LogP contribution in [0.3, 0.4) is 0 Å². The number of hydrogen-bond acceptors (Lipinski definition) is 5. The van der Waals surface area contributed by atoms with Crippen LogP contribution in [0.1, 0.15) is 32.1 Å². The lowest BCUT2D eigenvalue weighted by atomic mass is 10.2. The Morgan fingerprint density at radius 2 is 2.17 bits per heavy atom. The van der Waals surface area contributed by atoms with Crippen molar-refractivity contribution in [1.29, 1.82) is 0 Å². The summed E-state index contributed by atoms with van der Waals surface area (Å²) >= 11 is 1.61. The Hall–Kier alpha value is -0.920. The van der Waals surface area contributed by atoms with Crippen molar-refractivity contribution in [3.05, 3.63) is 22.4 Å². The van der Waals surface area contributed by atoms with Crippen molar-refractivity contribution in [2.24, 2.45) is 5.92 Å². The number of nitrogens with zero attached hydrogens (tertiary/aromatic N) is 2. The molecule has 0 aliphatic carbocycles. The summed E-state index contributed by atoms with van der Waals surface area (Å²) in [5, 5.41) is 1.99. The molecule has 5 nitrogen and oxygen atoms in total. The minimum Gasteiger partial charge on any atom is -0.332 e. The molecule has 1 unspecified atom stereocenters. The van der Waals surface area contributed by atoms with E-state index < -0.39 is 9.84 Å². The van der Waals surface area contributed by atoms with Crippen molar-refractivity contribution in [3.63, 3.8) is 0 Å². The van der Waals surface area contributed by atoms with E-state index in [2.05, 4.69) is 25.7 Å². The zero-order chi connectivity index (χ0) is 17.7. The van der Waals surface area contributed by atoms with Gasteiger partial charge >= 0.3 is 0 Å². The molecular weight excluding hydrogens is 344 g/mol. The van der Waals surface area contributed by atoms with E-state index in [4.69, 9.17) is 0 Å². The fourth-order valence-electron chi connectivity index (χ4n) is 3.12. The summed E-state index contributed by atoms with van der Waals surface area (Å²) in [6.07, 6.45) is 0.551. The van der Waals surface area contributed by atoms with Gasteiger partial charge in [0.25, 0.3) is 0 Å². The fourth-order valence-corrected chi connectivity index (χ4v) is 5.55. The predicted molar refractivity (Wildman–Crippen MR) is 98.9 cm³/mol. The first kappa shape index (κ1) is 19.4. The third kappa shape index (κ3) is 5.57. The third-order valence-electron chi connectivity index (χ3n) is 4.31. The molecule has 0 radical (unpaired) electrons. The minimum absolute atomic E-state index is 0.0352. The molecular formula is C17H28N2O3S2. The smallest absolute Gasteiger partial charge is 0.237 e. The maximum atomic E-state index is 12.9. The minimum atomic E-state index is -3.01. The molecule has 2 rings (SSSR count). The molecule has 1 amide bonds. The fraction of sp³-hybridized carbons (Fsp3) is 0.706. The van der Waals surface area contributed by atoms with Gasteiger partial charge in [-0.3, -0.25) is 9.69 Å². The Labute approximate surface area is 149 Å². The molecule has 136 valence electrons. The van der Waals surface area contributed by atoms with Crippen LogP contribution < -0.4 is 0 Å². The number of thiophene rings is 1. The Morgan fingerprint density at radius 1 is 1.42 bits per heavy atom. The van der Waals surface area contributed by atoms with E-state index in [1.165, 1.54) is 0 Å². The average Bonchev–Trinajstić information content (AvgIpc) is 3.12. The van der Waals surface area contributed by atoms with Gasteiger partial charge in [0, 0.05) is 17.5 Å². The molecule has 0 spiro atoms. The molecule has 1 atom stereocenters. The highest BCUT2D eigenvalue weighted by Crippen LogP contribution is 2.22. The van der Waals surface area contributed by atoms with Gasteiger partial charge in [0.05, 0.1) is 24.6 Å². The average molecular weight is 373 g/mol. The van der Waals surface area contributed by atoms with E-state index >= 15 is 0 Å². The number of amides is 1. The molecule has 1 saturated heterocycles. The Balaban J connectivity index is 2.10. The Morgan fingerprint density at radius 3 is 2.67 bits per heavy atom. The third-order valence-corrected chi connectivity index (χ3v) is 6.92. The summed E-state index contributed by atoms with van der Waals surface area (Å²) in [4.78, 5) is 17.9. The van der Waals surface area contributed by atoms with Crippen molar-refractivity contribution in [2.45, 2.75) is 39.8 Å². The van der Waals surface area contributed by atoms with Crippen molar-refractivity contribution in [1.82, 2.24) is 9.80 Å². The first-order valence-electron chi connectivity index (χ1n) is 8.55. The van der Waals surface area contributed by atoms with E-state index in [0.29, 0.717) is 25.4 Å². The zero-order valence-electron chi connectivity index (χ0n) is 14.8. The highest BCUT2D eigenvalue weighted by Gasteiger charge is 2.35. The Kier molecular flexibility index (Phi) is 6.83. The highest BCUT2D eigenvalue weighted by atomic mass is 32.2. The number of hydrogen-bond donors (Lipinski definition) is 0. The highest BCUT2D eigenvalue weighted by molar-refractivity contribution is 7.91. The van der Waals surface area contributed by atoms with Crippen LogP contribution in [0.5, 0.6) is 0 Å². The van der Waals surface area contributed by atoms with Crippen LogP contribution in [0.15, 0.2) is 17.5 Å². The zero-order valence-corrected chi connectivity index (χ0v) is 16.4. The van der Waals surface area contributed by atoms with Crippen LogP contribution in [0, 0.1) is 5.92 Å². The maximum absolute atomic E-state index is 12.9. The van der Waals surface area contributed by atoms with Gasteiger partial charge < -0.3 is 4.90 Å². The van der Waals surface area contributed by atoms with Gasteiger partial charge in [0.2, 0.25) is 5.91 Å². The maximum Gasteiger partial charge on any atom is 0.237 e. The second kappa shape index (κ2) is 8.45. The van der Waals surface area contributed by atoms with E-state index in [1.807, 2.05) is 17.5 Å². The van der Waals surface area contributed by atoms with Crippen LogP contribution in [0.2, 0.25) is 0 Å². The standard InChI is InChI=1S/C17H28N2O3S2/c1-4-18(10-14(2)3)12-17(20)19(11-16-6-5-8-23-16)15-7-9-24(21,22)13-15/h5-6,8,14-15H,4,7,9-13H2,1-3H3. The van der Waals surface area contributed by atoms with Crippen LogP contribution in [0.4, 0.5) is 0 Å². The SMILES string of the molecule is CCN(CC(=O)N(Cc1cccs1)C1CCS(=O)(=O)C1)CC(C)C. The summed E-state index contributed by atoms with van der Waals surface area (Å²) in [7, 11) is -3.01. The largest absolute Gasteiger partial charge is 0.332 e. The number of carbonyl (C=O) groups excluding carboxylic acids is 1. The molecule has 2 heterocycles. The summed E-state index contributed by atoms with van der Waals surface area (Å²) in [6.45, 7) is 8.89. The lowest BCUT2D eigenvalue weighted by Gasteiger charge is -2.31. The van der Waals surface area contributed by atoms with Crippen LogP contribution in [0.25, 0.3) is 0 Å². The molecule has 1 aliphatic rings. The van der Waals surface area contributed by atoms with Gasteiger partial charge in [-0.2, -0.15) is 0 Å². The van der Waals surface area contributed by atoms with Crippen LogP contribution >= 0.6 is 11.3 Å². The van der Waals surface area contributed by atoms with Crippen molar-refractivity contribution in [2.75, 3.05) is 31.1 Å². The molecule has 0 aromatic carbocycles. The second-order valence-corrected chi connectivity index (χ2v) is 10.1. The van der Waals surface area contributed by atoms with Gasteiger partial charge in [0.1, 0.15) is 0 Å². The summed E-state index contributed by atoms with van der Waals surface area (Å²) in [5.74, 6) is 0.818. The molecule has 1 aromatic heterocycles. The van der Waals surface area contributed by atoms with Gasteiger partial charge in [0.15, 0.2) is 9.84 Å². The number of carbonyl (C=O) groups is 1.